The van der Waals surface area contributed by atoms with Gasteiger partial charge in [0.25, 0.3) is 0 Å². The first-order valence-electron chi connectivity index (χ1n) is 9.16. The fourth-order valence-corrected chi connectivity index (χ4v) is 2.68. The van der Waals surface area contributed by atoms with Gasteiger partial charge in [0.2, 0.25) is 0 Å². The van der Waals surface area contributed by atoms with Crippen LogP contribution in [0, 0.1) is 20.8 Å². The molecule has 0 fully saturated rings. The highest BCUT2D eigenvalue weighted by Gasteiger charge is 2.09. The Hall–Kier alpha value is -2.50. The number of guanidine groups is 1. The predicted molar refractivity (Wildman–Crippen MR) is 105 cm³/mol. The molecular formula is C20H30N4O2. The van der Waals surface area contributed by atoms with Crippen molar-refractivity contribution in [3.05, 3.63) is 46.8 Å². The number of aromatic nitrogens is 1. The molecule has 0 spiro atoms. The van der Waals surface area contributed by atoms with Crippen molar-refractivity contribution in [3.8, 4) is 5.75 Å². The van der Waals surface area contributed by atoms with Gasteiger partial charge in [-0.25, -0.2) is 4.99 Å². The van der Waals surface area contributed by atoms with Crippen molar-refractivity contribution >= 4 is 5.96 Å². The largest absolute Gasteiger partial charge is 0.489 e. The van der Waals surface area contributed by atoms with Gasteiger partial charge in [-0.05, 0) is 58.7 Å². The number of hydrogen-bond acceptors (Lipinski definition) is 4. The highest BCUT2D eigenvalue weighted by molar-refractivity contribution is 5.79. The molecule has 0 saturated heterocycles. The van der Waals surface area contributed by atoms with Gasteiger partial charge in [0.15, 0.2) is 5.96 Å². The Labute approximate surface area is 156 Å². The summed E-state index contributed by atoms with van der Waals surface area (Å²) in [6, 6.07) is 8.07. The van der Waals surface area contributed by atoms with Crippen LogP contribution in [0.2, 0.25) is 0 Å². The summed E-state index contributed by atoms with van der Waals surface area (Å²) in [7, 11) is 0. The molecule has 1 heterocycles. The molecule has 1 atom stereocenters. The fraction of sp³-hybridized carbons (Fsp3) is 0.500. The van der Waals surface area contributed by atoms with Gasteiger partial charge in [-0.2, -0.15) is 0 Å². The van der Waals surface area contributed by atoms with E-state index in [1.54, 1.807) is 0 Å². The Bertz CT molecular complexity index is 705. The molecular weight excluding hydrogens is 328 g/mol. The number of aryl methyl sites for hydroxylation is 3. The highest BCUT2D eigenvalue weighted by Crippen LogP contribution is 2.14. The van der Waals surface area contributed by atoms with E-state index in [1.807, 2.05) is 39.0 Å². The Morgan fingerprint density at radius 1 is 1.27 bits per heavy atom. The number of hydrogen-bond donors (Lipinski definition) is 2. The van der Waals surface area contributed by atoms with Crippen LogP contribution >= 0.6 is 0 Å². The minimum absolute atomic E-state index is 0.00480. The molecule has 26 heavy (non-hydrogen) atoms. The summed E-state index contributed by atoms with van der Waals surface area (Å²) >= 11 is 0. The number of nitrogens with one attached hydrogen (secondary N) is 2. The summed E-state index contributed by atoms with van der Waals surface area (Å²) < 4.78 is 11.1. The van der Waals surface area contributed by atoms with Gasteiger partial charge in [0.05, 0.1) is 12.2 Å². The fourth-order valence-electron chi connectivity index (χ4n) is 2.68. The van der Waals surface area contributed by atoms with Crippen LogP contribution in [0.1, 0.15) is 36.4 Å². The molecule has 0 aliphatic rings. The van der Waals surface area contributed by atoms with Crippen molar-refractivity contribution < 1.29 is 9.26 Å². The zero-order valence-electron chi connectivity index (χ0n) is 16.4. The molecule has 6 nitrogen and oxygen atoms in total. The van der Waals surface area contributed by atoms with Crippen molar-refractivity contribution in [1.82, 2.24) is 15.8 Å². The first-order valence-corrected chi connectivity index (χ1v) is 9.16. The normalized spacial score (nSPS) is 12.7. The topological polar surface area (TPSA) is 71.7 Å². The maximum absolute atomic E-state index is 5.94. The molecule has 0 radical (unpaired) electrons. The molecule has 6 heteroatoms. The zero-order chi connectivity index (χ0) is 18.9. The third-order valence-corrected chi connectivity index (χ3v) is 4.03. The molecule has 1 aromatic carbocycles. The van der Waals surface area contributed by atoms with Gasteiger partial charge < -0.3 is 19.9 Å². The van der Waals surface area contributed by atoms with Crippen LogP contribution in [0.3, 0.4) is 0 Å². The third-order valence-electron chi connectivity index (χ3n) is 4.03. The van der Waals surface area contributed by atoms with Gasteiger partial charge in [0.1, 0.15) is 17.6 Å². The highest BCUT2D eigenvalue weighted by atomic mass is 16.5. The molecule has 1 aromatic heterocycles. The van der Waals surface area contributed by atoms with E-state index in [4.69, 9.17) is 9.26 Å². The number of benzene rings is 1. The van der Waals surface area contributed by atoms with Crippen LogP contribution in [-0.2, 0) is 6.42 Å². The summed E-state index contributed by atoms with van der Waals surface area (Å²) in [5.41, 5.74) is 3.29. The van der Waals surface area contributed by atoms with E-state index < -0.39 is 0 Å². The van der Waals surface area contributed by atoms with Crippen LogP contribution in [0.4, 0.5) is 0 Å². The van der Waals surface area contributed by atoms with Crippen LogP contribution in [-0.4, -0.2) is 36.9 Å². The summed E-state index contributed by atoms with van der Waals surface area (Å²) in [5.74, 6) is 2.55. The standard InChI is InChI=1S/C20H30N4O2/c1-6-21-20(22-11-10-19-16(4)24-26-17(19)5)23-13-15(3)25-18-9-7-8-14(2)12-18/h7-9,12,15H,6,10-11,13H2,1-5H3,(H2,21,22,23). The van der Waals surface area contributed by atoms with Crippen molar-refractivity contribution in [2.24, 2.45) is 4.99 Å². The SMILES string of the molecule is CCNC(=NCC(C)Oc1cccc(C)c1)NCCc1c(C)noc1C. The smallest absolute Gasteiger partial charge is 0.191 e. The van der Waals surface area contributed by atoms with Crippen LogP contribution in [0.5, 0.6) is 5.75 Å². The minimum atomic E-state index is -0.00480. The number of rotatable bonds is 8. The third kappa shape index (κ3) is 6.10. The van der Waals surface area contributed by atoms with Crippen LogP contribution in [0.25, 0.3) is 0 Å². The molecule has 0 aliphatic heterocycles. The Morgan fingerprint density at radius 3 is 2.73 bits per heavy atom. The van der Waals surface area contributed by atoms with E-state index in [2.05, 4.69) is 40.7 Å². The lowest BCUT2D eigenvalue weighted by molar-refractivity contribution is 0.230. The van der Waals surface area contributed by atoms with Crippen LogP contribution in [0.15, 0.2) is 33.8 Å². The molecule has 0 amide bonds. The Kier molecular flexibility index (Phi) is 7.51. The predicted octanol–water partition coefficient (Wildman–Crippen LogP) is 3.16. The average Bonchev–Trinajstić information content (AvgIpc) is 2.91. The molecule has 0 aliphatic carbocycles. The number of aliphatic imine (C=N–C) groups is 1. The van der Waals surface area contributed by atoms with Gasteiger partial charge >= 0.3 is 0 Å². The van der Waals surface area contributed by atoms with Crippen molar-refractivity contribution in [1.29, 1.82) is 0 Å². The van der Waals surface area contributed by atoms with Gasteiger partial charge in [-0.15, -0.1) is 0 Å². The van der Waals surface area contributed by atoms with E-state index >= 15 is 0 Å². The van der Waals surface area contributed by atoms with E-state index in [0.717, 1.165) is 48.2 Å². The lowest BCUT2D eigenvalue weighted by Gasteiger charge is -2.15. The quantitative estimate of drug-likeness (QED) is 0.560. The van der Waals surface area contributed by atoms with E-state index in [1.165, 1.54) is 5.56 Å². The molecule has 1 unspecified atom stereocenters. The second-order valence-electron chi connectivity index (χ2n) is 6.44. The second kappa shape index (κ2) is 9.85. The van der Waals surface area contributed by atoms with Gasteiger partial charge in [-0.3, -0.25) is 0 Å². The number of nitrogens with zero attached hydrogens (tertiary/aromatic N) is 2. The Morgan fingerprint density at radius 2 is 2.08 bits per heavy atom. The summed E-state index contributed by atoms with van der Waals surface area (Å²) in [6.45, 7) is 12.2. The number of ether oxygens (including phenoxy) is 1. The maximum atomic E-state index is 5.94. The lowest BCUT2D eigenvalue weighted by Crippen LogP contribution is -2.39. The first kappa shape index (κ1) is 19.8. The second-order valence-corrected chi connectivity index (χ2v) is 6.44. The van der Waals surface area contributed by atoms with E-state index in [9.17, 15) is 0 Å². The summed E-state index contributed by atoms with van der Waals surface area (Å²) in [4.78, 5) is 4.63. The van der Waals surface area contributed by atoms with Crippen molar-refractivity contribution in [3.63, 3.8) is 0 Å². The average molecular weight is 358 g/mol. The monoisotopic (exact) mass is 358 g/mol. The van der Waals surface area contributed by atoms with Gasteiger partial charge in [-0.1, -0.05) is 17.3 Å². The van der Waals surface area contributed by atoms with E-state index in [0.29, 0.717) is 6.54 Å². The molecule has 0 saturated carbocycles. The molecule has 2 aromatic rings. The summed E-state index contributed by atoms with van der Waals surface area (Å²) in [6.07, 6.45) is 0.843. The zero-order valence-corrected chi connectivity index (χ0v) is 16.4. The minimum Gasteiger partial charge on any atom is -0.489 e. The lowest BCUT2D eigenvalue weighted by atomic mass is 10.1. The maximum Gasteiger partial charge on any atom is 0.191 e. The molecule has 2 rings (SSSR count). The van der Waals surface area contributed by atoms with E-state index in [-0.39, 0.29) is 6.10 Å². The van der Waals surface area contributed by atoms with Crippen molar-refractivity contribution in [2.75, 3.05) is 19.6 Å². The molecule has 0 bridgehead atoms. The summed E-state index contributed by atoms with van der Waals surface area (Å²) in [5, 5.41) is 10.6. The molecule has 2 N–H and O–H groups in total. The first-order chi connectivity index (χ1) is 12.5. The van der Waals surface area contributed by atoms with Gasteiger partial charge in [0, 0.05) is 18.7 Å². The van der Waals surface area contributed by atoms with Crippen LogP contribution < -0.4 is 15.4 Å². The van der Waals surface area contributed by atoms with Crippen molar-refractivity contribution in [2.45, 2.75) is 47.1 Å². The Balaban J connectivity index is 1.85. The molecule has 142 valence electrons.